The Balaban J connectivity index is 1.50. The van der Waals surface area contributed by atoms with Crippen molar-refractivity contribution in [2.75, 3.05) is 6.54 Å². The third-order valence-electron chi connectivity index (χ3n) is 6.91. The molecular weight excluding hydrogens is 460 g/mol. The van der Waals surface area contributed by atoms with E-state index in [0.717, 1.165) is 29.7 Å². The van der Waals surface area contributed by atoms with Gasteiger partial charge in [0.15, 0.2) is 0 Å². The highest BCUT2D eigenvalue weighted by atomic mass is 32.1. The van der Waals surface area contributed by atoms with Crippen LogP contribution in [0.5, 0.6) is 0 Å². The Labute approximate surface area is 211 Å². The van der Waals surface area contributed by atoms with E-state index in [-0.39, 0.29) is 36.2 Å². The highest BCUT2D eigenvalue weighted by Crippen LogP contribution is 2.36. The summed E-state index contributed by atoms with van der Waals surface area (Å²) in [5.74, 6) is -0.397. The number of hydrogen-bond donors (Lipinski definition) is 3. The summed E-state index contributed by atoms with van der Waals surface area (Å²) in [6, 6.07) is 5.06. The van der Waals surface area contributed by atoms with Crippen LogP contribution in [0.3, 0.4) is 0 Å². The highest BCUT2D eigenvalue weighted by Gasteiger charge is 2.44. The van der Waals surface area contributed by atoms with Crippen LogP contribution in [0.4, 0.5) is 0 Å². The lowest BCUT2D eigenvalue weighted by Crippen LogP contribution is -2.56. The number of carbonyl (C=O) groups excluding carboxylic acids is 2. The molecule has 35 heavy (non-hydrogen) atoms. The van der Waals surface area contributed by atoms with Crippen LogP contribution in [0.15, 0.2) is 36.0 Å². The zero-order valence-electron chi connectivity index (χ0n) is 21.2. The van der Waals surface area contributed by atoms with Crippen LogP contribution >= 0.6 is 11.3 Å². The number of nitrogens with zero attached hydrogens (tertiary/aromatic N) is 2. The predicted molar refractivity (Wildman–Crippen MR) is 139 cm³/mol. The summed E-state index contributed by atoms with van der Waals surface area (Å²) in [5.41, 5.74) is 6.70. The van der Waals surface area contributed by atoms with Crippen LogP contribution in [0, 0.1) is 12.3 Å². The van der Waals surface area contributed by atoms with Gasteiger partial charge in [0.2, 0.25) is 11.8 Å². The predicted octanol–water partition coefficient (Wildman–Crippen LogP) is 3.72. The fraction of sp³-hybridized carbons (Fsp3) is 0.519. The Morgan fingerprint density at radius 2 is 2.06 bits per heavy atom. The third-order valence-corrected chi connectivity index (χ3v) is 7.89. The van der Waals surface area contributed by atoms with E-state index in [9.17, 15) is 14.7 Å². The number of fused-ring (bicyclic) bond motifs is 1. The number of aromatic nitrogens is 1. The van der Waals surface area contributed by atoms with Crippen molar-refractivity contribution in [3.8, 4) is 10.4 Å². The highest BCUT2D eigenvalue weighted by molar-refractivity contribution is 7.13. The van der Waals surface area contributed by atoms with E-state index >= 15 is 0 Å². The monoisotopic (exact) mass is 496 g/mol. The fourth-order valence-electron chi connectivity index (χ4n) is 5.12. The maximum absolute atomic E-state index is 13.5. The van der Waals surface area contributed by atoms with Gasteiger partial charge in [0.25, 0.3) is 0 Å². The van der Waals surface area contributed by atoms with E-state index in [1.165, 1.54) is 15.3 Å². The number of allylic oxidation sites excluding steroid dienone is 1. The average molecular weight is 497 g/mol. The molecule has 1 aliphatic heterocycles. The molecule has 188 valence electrons. The fourth-order valence-corrected chi connectivity index (χ4v) is 5.92. The number of thiazole rings is 1. The van der Waals surface area contributed by atoms with Crippen molar-refractivity contribution in [1.29, 1.82) is 0 Å². The molecule has 0 bridgehead atoms. The van der Waals surface area contributed by atoms with Crippen molar-refractivity contribution < 1.29 is 14.7 Å². The number of aliphatic hydroxyl groups excluding tert-OH is 1. The van der Waals surface area contributed by atoms with Gasteiger partial charge < -0.3 is 20.6 Å². The summed E-state index contributed by atoms with van der Waals surface area (Å²) in [5, 5.41) is 16.7. The van der Waals surface area contributed by atoms with E-state index in [1.54, 1.807) is 11.3 Å². The molecule has 1 aliphatic carbocycles. The molecule has 0 saturated carbocycles. The summed E-state index contributed by atoms with van der Waals surface area (Å²) in [6.45, 7) is 13.8. The van der Waals surface area contributed by atoms with Gasteiger partial charge in [0, 0.05) is 18.7 Å². The van der Waals surface area contributed by atoms with Crippen molar-refractivity contribution >= 4 is 23.2 Å². The molecule has 1 saturated heterocycles. The lowest BCUT2D eigenvalue weighted by atomic mass is 9.85. The minimum Gasteiger partial charge on any atom is -0.391 e. The number of aliphatic hydroxyl groups is 1. The first-order valence-electron chi connectivity index (χ1n) is 12.2. The summed E-state index contributed by atoms with van der Waals surface area (Å²) in [4.78, 5) is 34.0. The van der Waals surface area contributed by atoms with Gasteiger partial charge in [-0.05, 0) is 54.9 Å². The van der Waals surface area contributed by atoms with E-state index in [4.69, 9.17) is 0 Å². The summed E-state index contributed by atoms with van der Waals surface area (Å²) < 4.78 is 0. The maximum Gasteiger partial charge on any atom is 0.246 e. The number of nitrogens with one attached hydrogen (secondary N) is 2. The second-order valence-corrected chi connectivity index (χ2v) is 11.8. The van der Waals surface area contributed by atoms with Gasteiger partial charge in [-0.25, -0.2) is 4.98 Å². The van der Waals surface area contributed by atoms with Gasteiger partial charge in [0.1, 0.15) is 12.1 Å². The lowest BCUT2D eigenvalue weighted by Gasteiger charge is -2.36. The van der Waals surface area contributed by atoms with Gasteiger partial charge in [-0.1, -0.05) is 39.5 Å². The van der Waals surface area contributed by atoms with Crippen molar-refractivity contribution in [1.82, 2.24) is 20.5 Å². The summed E-state index contributed by atoms with van der Waals surface area (Å²) in [6.07, 6.45) is 1.22. The van der Waals surface area contributed by atoms with Crippen molar-refractivity contribution in [2.24, 2.45) is 5.41 Å². The van der Waals surface area contributed by atoms with Crippen LogP contribution in [-0.2, 0) is 16.0 Å². The van der Waals surface area contributed by atoms with Gasteiger partial charge in [-0.15, -0.1) is 11.3 Å². The number of rotatable bonds is 6. The largest absolute Gasteiger partial charge is 0.391 e. The second-order valence-electron chi connectivity index (χ2n) is 10.9. The van der Waals surface area contributed by atoms with E-state index in [2.05, 4.69) is 40.4 Å². The van der Waals surface area contributed by atoms with Crippen LogP contribution < -0.4 is 10.6 Å². The van der Waals surface area contributed by atoms with Gasteiger partial charge >= 0.3 is 0 Å². The standard InChI is InChI=1S/C27H36N4O3S/c1-15(2)29-24(27(4,5)6)26(34)31-13-19(32)12-22(31)25(33)30-21-10-8-17-11-18(7-9-20(17)21)23-16(3)28-14-35-23/h7,9,11,14,19,21-22,24,29,32H,1,8,10,12-13H2,2-6H3,(H,30,33)/t19-,21+,22+,24-/m1/s1. The molecule has 0 unspecified atom stereocenters. The van der Waals surface area contributed by atoms with E-state index < -0.39 is 18.2 Å². The third kappa shape index (κ3) is 5.28. The number of benzene rings is 1. The van der Waals surface area contributed by atoms with Crippen molar-refractivity contribution in [3.05, 3.63) is 52.8 Å². The maximum atomic E-state index is 13.5. The molecule has 0 radical (unpaired) electrons. The number of amides is 2. The van der Waals surface area contributed by atoms with Gasteiger partial charge in [-0.2, -0.15) is 0 Å². The first-order valence-corrected chi connectivity index (χ1v) is 13.1. The number of aryl methyl sites for hydroxylation is 2. The molecule has 3 N–H and O–H groups in total. The minimum atomic E-state index is -0.721. The molecule has 8 heteroatoms. The smallest absolute Gasteiger partial charge is 0.246 e. The molecule has 4 atom stereocenters. The Morgan fingerprint density at radius 3 is 2.69 bits per heavy atom. The molecule has 7 nitrogen and oxygen atoms in total. The van der Waals surface area contributed by atoms with Crippen LogP contribution in [0.25, 0.3) is 10.4 Å². The molecule has 2 aromatic rings. The molecule has 1 aromatic carbocycles. The second kappa shape index (κ2) is 9.74. The van der Waals surface area contributed by atoms with Crippen LogP contribution in [-0.4, -0.2) is 51.5 Å². The average Bonchev–Trinajstić information content (AvgIpc) is 3.49. The number of hydrogen-bond acceptors (Lipinski definition) is 6. The SMILES string of the molecule is C=C(C)N[C@H](C(=O)N1C[C@H](O)C[C@H]1C(=O)N[C@H]1CCc2cc(-c3scnc3C)ccc21)C(C)(C)C. The summed E-state index contributed by atoms with van der Waals surface area (Å²) >= 11 is 1.63. The first-order chi connectivity index (χ1) is 16.5. The minimum absolute atomic E-state index is 0.101. The number of carbonyl (C=O) groups is 2. The Morgan fingerprint density at radius 1 is 1.31 bits per heavy atom. The molecule has 2 heterocycles. The topological polar surface area (TPSA) is 94.6 Å². The Bertz CT molecular complexity index is 1140. The Kier molecular flexibility index (Phi) is 7.06. The molecule has 0 spiro atoms. The van der Waals surface area contributed by atoms with Crippen molar-refractivity contribution in [3.63, 3.8) is 0 Å². The zero-order chi connectivity index (χ0) is 25.5. The first kappa shape index (κ1) is 25.4. The molecular formula is C27H36N4O3S. The quantitative estimate of drug-likeness (QED) is 0.567. The molecule has 4 rings (SSSR count). The van der Waals surface area contributed by atoms with Crippen LogP contribution in [0.1, 0.15) is 63.4 Å². The van der Waals surface area contributed by atoms with Gasteiger partial charge in [-0.3, -0.25) is 9.59 Å². The zero-order valence-corrected chi connectivity index (χ0v) is 22.0. The normalized spacial score (nSPS) is 22.6. The van der Waals surface area contributed by atoms with Crippen LogP contribution in [0.2, 0.25) is 0 Å². The number of likely N-dealkylation sites (tertiary alicyclic amines) is 1. The molecule has 1 aromatic heterocycles. The Hall–Kier alpha value is -2.71. The van der Waals surface area contributed by atoms with E-state index in [0.29, 0.717) is 5.70 Å². The molecule has 1 fully saturated rings. The summed E-state index contributed by atoms with van der Waals surface area (Å²) in [7, 11) is 0. The number of β-amino-alcohol motifs (C(OH)–C–C–N with tert-alkyl or cyclic N) is 1. The molecule has 2 aliphatic rings. The van der Waals surface area contributed by atoms with Crippen molar-refractivity contribution in [2.45, 2.75) is 78.1 Å². The lowest BCUT2D eigenvalue weighted by molar-refractivity contribution is -0.142. The molecule has 2 amide bonds. The van der Waals surface area contributed by atoms with Gasteiger partial charge in [0.05, 0.1) is 28.2 Å². The van der Waals surface area contributed by atoms with E-state index in [1.807, 2.05) is 40.1 Å².